The summed E-state index contributed by atoms with van der Waals surface area (Å²) < 4.78 is 7.11. The van der Waals surface area contributed by atoms with Gasteiger partial charge >= 0.3 is 5.97 Å². The molecule has 0 spiro atoms. The third-order valence-corrected chi connectivity index (χ3v) is 9.06. The summed E-state index contributed by atoms with van der Waals surface area (Å²) in [5.41, 5.74) is 0.482. The molecule has 1 aromatic heterocycles. The summed E-state index contributed by atoms with van der Waals surface area (Å²) in [5.74, 6) is -0.568. The van der Waals surface area contributed by atoms with Gasteiger partial charge in [0.2, 0.25) is 10.9 Å². The quantitative estimate of drug-likeness (QED) is 0.114. The molecular weight excluding hydrogens is 554 g/mol. The maximum atomic E-state index is 13.2. The van der Waals surface area contributed by atoms with Crippen molar-refractivity contribution in [2.24, 2.45) is 12.2 Å². The van der Waals surface area contributed by atoms with Gasteiger partial charge in [0.25, 0.3) is 11.8 Å². The van der Waals surface area contributed by atoms with E-state index in [1.807, 2.05) is 0 Å². The molecule has 2 amide bonds. The number of hydrogen-bond acceptors (Lipinski definition) is 12. The second-order valence-electron chi connectivity index (χ2n) is 8.53. The van der Waals surface area contributed by atoms with E-state index in [9.17, 15) is 19.5 Å². The molecule has 1 aromatic rings. The van der Waals surface area contributed by atoms with Crippen molar-refractivity contribution in [2.45, 2.75) is 49.2 Å². The number of hydrogen-bond donors (Lipinski definition) is 2. The number of tetrazole rings is 1. The van der Waals surface area contributed by atoms with Crippen molar-refractivity contribution in [1.29, 1.82) is 0 Å². The van der Waals surface area contributed by atoms with E-state index in [0.29, 0.717) is 35.4 Å². The molecule has 3 aliphatic heterocycles. The number of oxime groups is 1. The van der Waals surface area contributed by atoms with Crippen LogP contribution in [-0.4, -0.2) is 95.6 Å². The minimum Gasteiger partial charge on any atom is -0.490 e. The van der Waals surface area contributed by atoms with Gasteiger partial charge in [0.05, 0.1) is 6.61 Å². The molecule has 0 bridgehead atoms. The smallest absolute Gasteiger partial charge is 0.352 e. The summed E-state index contributed by atoms with van der Waals surface area (Å²) in [6.07, 6.45) is 4.00. The van der Waals surface area contributed by atoms with E-state index in [0.717, 1.165) is 31.4 Å². The Morgan fingerprint density at radius 1 is 1.37 bits per heavy atom. The zero-order valence-corrected chi connectivity index (χ0v) is 23.4. The van der Waals surface area contributed by atoms with Gasteiger partial charge in [0.15, 0.2) is 5.76 Å². The number of nitrogens with zero attached hydrogens (tertiary/aromatic N) is 6. The van der Waals surface area contributed by atoms with Crippen molar-refractivity contribution >= 4 is 58.8 Å². The summed E-state index contributed by atoms with van der Waals surface area (Å²) in [7, 11) is 1.69. The number of nitrogens with one attached hydrogen (secondary N) is 1. The molecular formula is C22H29N7O6S3. The molecule has 4 rings (SSSR count). The van der Waals surface area contributed by atoms with Gasteiger partial charge in [-0.1, -0.05) is 36.7 Å². The lowest BCUT2D eigenvalue weighted by Gasteiger charge is -2.49. The highest BCUT2D eigenvalue weighted by molar-refractivity contribution is 8.02. The molecule has 1 unspecified atom stereocenters. The fraction of sp³-hybridized carbons (Fsp3) is 0.591. The van der Waals surface area contributed by atoms with Crippen molar-refractivity contribution in [1.82, 2.24) is 30.4 Å². The Hall–Kier alpha value is -2.72. The number of carbonyl (C=O) groups excluding carboxylic acids is 2. The van der Waals surface area contributed by atoms with Gasteiger partial charge in [-0.2, -0.15) is 0 Å². The van der Waals surface area contributed by atoms with E-state index in [1.54, 1.807) is 12.5 Å². The van der Waals surface area contributed by atoms with Crippen molar-refractivity contribution < 1.29 is 29.1 Å². The Morgan fingerprint density at radius 2 is 2.21 bits per heavy atom. The number of rotatable bonds is 13. The highest BCUT2D eigenvalue weighted by Gasteiger charge is 2.54. The molecule has 0 saturated carbocycles. The Balaban J connectivity index is 1.43. The van der Waals surface area contributed by atoms with Crippen LogP contribution in [0.3, 0.4) is 0 Å². The lowest BCUT2D eigenvalue weighted by molar-refractivity contribution is -0.150. The number of amides is 2. The van der Waals surface area contributed by atoms with Gasteiger partial charge in [-0.3, -0.25) is 14.5 Å². The van der Waals surface area contributed by atoms with Crippen molar-refractivity contribution in [3.05, 3.63) is 22.4 Å². The van der Waals surface area contributed by atoms with E-state index < -0.39 is 29.2 Å². The van der Waals surface area contributed by atoms with E-state index in [-0.39, 0.29) is 17.2 Å². The van der Waals surface area contributed by atoms with Crippen LogP contribution in [0.2, 0.25) is 0 Å². The molecule has 206 valence electrons. The number of aryl methyl sites for hydroxylation is 1. The number of carboxylic acids is 1. The molecule has 0 aromatic carbocycles. The van der Waals surface area contributed by atoms with Gasteiger partial charge in [-0.25, -0.2) is 9.48 Å². The number of β-lactam (4-membered cyclic amide) rings is 1. The molecule has 4 heterocycles. The van der Waals surface area contributed by atoms with Gasteiger partial charge in [0.1, 0.15) is 23.7 Å². The fourth-order valence-corrected chi connectivity index (χ4v) is 6.86. The van der Waals surface area contributed by atoms with Crippen LogP contribution in [0.1, 0.15) is 32.6 Å². The van der Waals surface area contributed by atoms with Crippen molar-refractivity contribution in [3.8, 4) is 0 Å². The number of thioether (sulfide) groups is 3. The third kappa shape index (κ3) is 6.46. The predicted octanol–water partition coefficient (Wildman–Crippen LogP) is 1.60. The van der Waals surface area contributed by atoms with Crippen molar-refractivity contribution in [3.63, 3.8) is 0 Å². The van der Waals surface area contributed by atoms with E-state index in [2.05, 4.69) is 32.9 Å². The Labute approximate surface area is 232 Å². The molecule has 13 nitrogen and oxygen atoms in total. The minimum absolute atomic E-state index is 0.0388. The zero-order chi connectivity index (χ0) is 27.1. The van der Waals surface area contributed by atoms with Crippen LogP contribution in [0.5, 0.6) is 0 Å². The molecule has 2 atom stereocenters. The first kappa shape index (κ1) is 28.3. The van der Waals surface area contributed by atoms with Gasteiger partial charge in [0, 0.05) is 29.7 Å². The van der Waals surface area contributed by atoms with E-state index in [4.69, 9.17) is 9.57 Å². The van der Waals surface area contributed by atoms with Crippen LogP contribution in [0, 0.1) is 0 Å². The van der Waals surface area contributed by atoms with Crippen LogP contribution in [0.4, 0.5) is 0 Å². The first-order valence-electron chi connectivity index (χ1n) is 12.1. The highest BCUT2D eigenvalue weighted by atomic mass is 32.2. The number of carboxylic acid groups (broad SMARTS) is 1. The first-order chi connectivity index (χ1) is 18.4. The monoisotopic (exact) mass is 583 g/mol. The second kappa shape index (κ2) is 13.4. The summed E-state index contributed by atoms with van der Waals surface area (Å²) in [5, 5.41) is 29.6. The maximum absolute atomic E-state index is 13.2. The summed E-state index contributed by atoms with van der Waals surface area (Å²) in [6.45, 7) is 2.90. The summed E-state index contributed by atoms with van der Waals surface area (Å²) in [4.78, 5) is 45.0. The van der Waals surface area contributed by atoms with Crippen LogP contribution < -0.4 is 5.32 Å². The minimum atomic E-state index is -1.20. The SMILES string of the molecule is CCCCCCON=C(C(=O)NC1C(=O)N2C(C(=O)O)=C(CSc3nnnn3C)CS[C@@H]12)C1=CSCCO1. The predicted molar refractivity (Wildman–Crippen MR) is 143 cm³/mol. The van der Waals surface area contributed by atoms with Gasteiger partial charge in [-0.05, 0) is 28.8 Å². The van der Waals surface area contributed by atoms with Gasteiger partial charge < -0.3 is 20.0 Å². The average molecular weight is 584 g/mol. The average Bonchev–Trinajstić information content (AvgIpc) is 3.34. The van der Waals surface area contributed by atoms with Crippen LogP contribution >= 0.6 is 35.3 Å². The molecule has 1 saturated heterocycles. The number of aliphatic carboxylic acids is 1. The lowest BCUT2D eigenvalue weighted by Crippen LogP contribution is -2.71. The van der Waals surface area contributed by atoms with Crippen molar-refractivity contribution in [2.75, 3.05) is 30.5 Å². The molecule has 38 heavy (non-hydrogen) atoms. The van der Waals surface area contributed by atoms with Crippen LogP contribution in [0.25, 0.3) is 0 Å². The molecule has 0 radical (unpaired) electrons. The zero-order valence-electron chi connectivity index (χ0n) is 21.0. The maximum Gasteiger partial charge on any atom is 0.352 e. The third-order valence-electron chi connectivity index (χ3n) is 5.84. The summed E-state index contributed by atoms with van der Waals surface area (Å²) in [6, 6.07) is -0.898. The topological polar surface area (TPSA) is 161 Å². The number of ether oxygens (including phenoxy) is 1. The van der Waals surface area contributed by atoms with Crippen LogP contribution in [0.15, 0.2) is 32.7 Å². The molecule has 3 aliphatic rings. The Bertz CT molecular complexity index is 1150. The van der Waals surface area contributed by atoms with E-state index >= 15 is 0 Å². The second-order valence-corrected chi connectivity index (χ2v) is 11.6. The Kier molecular flexibility index (Phi) is 9.96. The summed E-state index contributed by atoms with van der Waals surface area (Å²) >= 11 is 4.17. The number of aromatic nitrogens is 4. The molecule has 2 N–H and O–H groups in total. The standard InChI is InChI=1S/C22H29N7O6S3/c1-3-4-5-6-7-35-25-15(14-12-36-9-8-34-14)18(30)23-16-19(31)29-17(21(32)33)13(10-37-20(16)29)11-38-22-24-26-27-28(22)2/h12,16,20H,3-11H2,1-2H3,(H,23,30)(H,32,33)/t16?,20-/m0/s1. The largest absolute Gasteiger partial charge is 0.490 e. The van der Waals surface area contributed by atoms with E-state index in [1.165, 1.54) is 44.9 Å². The number of fused-ring (bicyclic) bond motifs is 1. The van der Waals surface area contributed by atoms with Crippen LogP contribution in [-0.2, 0) is 31.0 Å². The lowest BCUT2D eigenvalue weighted by atomic mass is 10.0. The first-order valence-corrected chi connectivity index (χ1v) is 15.2. The van der Waals surface area contributed by atoms with Gasteiger partial charge in [-0.15, -0.1) is 28.6 Å². The number of unbranched alkanes of at least 4 members (excludes halogenated alkanes) is 3. The molecule has 16 heteroatoms. The highest BCUT2D eigenvalue weighted by Crippen LogP contribution is 2.41. The number of carbonyl (C=O) groups is 3. The fourth-order valence-electron chi connectivity index (χ4n) is 3.89. The normalized spacial score (nSPS) is 21.3. The Morgan fingerprint density at radius 3 is 2.89 bits per heavy atom. The molecule has 0 aliphatic carbocycles. The molecule has 1 fully saturated rings.